The predicted octanol–water partition coefficient (Wildman–Crippen LogP) is 0.954. The van der Waals surface area contributed by atoms with Crippen LogP contribution in [0.1, 0.15) is 22.8 Å². The highest BCUT2D eigenvalue weighted by atomic mass is 16.5. The Morgan fingerprint density at radius 2 is 2.12 bits per heavy atom. The molecule has 0 aliphatic carbocycles. The summed E-state index contributed by atoms with van der Waals surface area (Å²) in [6.07, 6.45) is 0.854. The fourth-order valence-corrected chi connectivity index (χ4v) is 1.57. The minimum Gasteiger partial charge on any atom is -0.378 e. The van der Waals surface area contributed by atoms with Gasteiger partial charge in [-0.1, -0.05) is 25.1 Å². The van der Waals surface area contributed by atoms with E-state index in [1.807, 2.05) is 31.2 Å². The Hall–Kier alpha value is -1.39. The van der Waals surface area contributed by atoms with E-state index in [0.29, 0.717) is 26.3 Å². The Morgan fingerprint density at radius 1 is 1.35 bits per heavy atom. The van der Waals surface area contributed by atoms with Gasteiger partial charge in [-0.3, -0.25) is 4.79 Å². The molecule has 1 amide bonds. The Labute approximate surface area is 102 Å². The number of carbonyl (C=O) groups is 1. The topological polar surface area (TPSA) is 64.3 Å². The normalized spacial score (nSPS) is 10.2. The molecule has 17 heavy (non-hydrogen) atoms. The van der Waals surface area contributed by atoms with E-state index in [9.17, 15) is 4.79 Å². The average molecular weight is 236 g/mol. The summed E-state index contributed by atoms with van der Waals surface area (Å²) in [4.78, 5) is 11.9. The summed E-state index contributed by atoms with van der Waals surface area (Å²) in [5.74, 6) is -0.0428. The van der Waals surface area contributed by atoms with Gasteiger partial charge in [0.15, 0.2) is 0 Å². The molecule has 0 radical (unpaired) electrons. The van der Waals surface area contributed by atoms with Crippen molar-refractivity contribution in [1.29, 1.82) is 0 Å². The van der Waals surface area contributed by atoms with Crippen LogP contribution in [0.25, 0.3) is 0 Å². The zero-order valence-electron chi connectivity index (χ0n) is 10.2. The van der Waals surface area contributed by atoms with Crippen molar-refractivity contribution >= 4 is 5.91 Å². The Kier molecular flexibility index (Phi) is 6.29. The second kappa shape index (κ2) is 7.81. The van der Waals surface area contributed by atoms with Crippen molar-refractivity contribution in [3.63, 3.8) is 0 Å². The number of nitrogens with two attached hydrogens (primary N) is 1. The highest BCUT2D eigenvalue weighted by Crippen LogP contribution is 2.08. The van der Waals surface area contributed by atoms with Crippen molar-refractivity contribution in [3.8, 4) is 0 Å². The van der Waals surface area contributed by atoms with Crippen LogP contribution in [-0.2, 0) is 11.2 Å². The van der Waals surface area contributed by atoms with Gasteiger partial charge in [0.05, 0.1) is 13.2 Å². The lowest BCUT2D eigenvalue weighted by molar-refractivity contribution is 0.0919. The van der Waals surface area contributed by atoms with E-state index in [1.54, 1.807) is 0 Å². The fourth-order valence-electron chi connectivity index (χ4n) is 1.57. The number of carbonyl (C=O) groups excluding carboxylic acids is 1. The van der Waals surface area contributed by atoms with Gasteiger partial charge in [-0.2, -0.15) is 0 Å². The number of hydrogen-bond donors (Lipinski definition) is 2. The summed E-state index contributed by atoms with van der Waals surface area (Å²) in [6, 6.07) is 7.63. The van der Waals surface area contributed by atoms with Crippen LogP contribution >= 0.6 is 0 Å². The van der Waals surface area contributed by atoms with Crippen molar-refractivity contribution in [2.45, 2.75) is 13.3 Å². The molecule has 0 saturated carbocycles. The average Bonchev–Trinajstić information content (AvgIpc) is 2.38. The van der Waals surface area contributed by atoms with E-state index in [0.717, 1.165) is 17.5 Å². The number of nitrogens with one attached hydrogen (secondary N) is 1. The molecule has 0 spiro atoms. The number of benzene rings is 1. The van der Waals surface area contributed by atoms with Crippen LogP contribution in [0.2, 0.25) is 0 Å². The largest absolute Gasteiger partial charge is 0.378 e. The molecule has 0 atom stereocenters. The van der Waals surface area contributed by atoms with Gasteiger partial charge in [0, 0.05) is 18.7 Å². The van der Waals surface area contributed by atoms with Gasteiger partial charge in [0.2, 0.25) is 0 Å². The van der Waals surface area contributed by atoms with Crippen LogP contribution in [0.4, 0.5) is 0 Å². The lowest BCUT2D eigenvalue weighted by Gasteiger charge is -2.08. The van der Waals surface area contributed by atoms with Gasteiger partial charge in [-0.25, -0.2) is 0 Å². The smallest absolute Gasteiger partial charge is 0.251 e. The summed E-state index contributed by atoms with van der Waals surface area (Å²) >= 11 is 0. The first kappa shape index (κ1) is 13.7. The minimum atomic E-state index is -0.0428. The van der Waals surface area contributed by atoms with E-state index in [2.05, 4.69) is 5.32 Å². The monoisotopic (exact) mass is 236 g/mol. The maximum Gasteiger partial charge on any atom is 0.251 e. The van der Waals surface area contributed by atoms with E-state index in [1.165, 1.54) is 0 Å². The number of amides is 1. The molecule has 0 heterocycles. The molecular weight excluding hydrogens is 216 g/mol. The molecule has 0 bridgehead atoms. The minimum absolute atomic E-state index is 0.0428. The quantitative estimate of drug-likeness (QED) is 0.693. The Balaban J connectivity index is 2.41. The molecule has 0 aliphatic heterocycles. The van der Waals surface area contributed by atoms with Gasteiger partial charge in [0.1, 0.15) is 0 Å². The first-order valence-electron chi connectivity index (χ1n) is 5.93. The number of aryl methyl sites for hydroxylation is 1. The molecular formula is C13H20N2O2. The lowest BCUT2D eigenvalue weighted by atomic mass is 10.0. The number of hydrogen-bond acceptors (Lipinski definition) is 3. The molecule has 0 fully saturated rings. The lowest BCUT2D eigenvalue weighted by Crippen LogP contribution is -2.28. The highest BCUT2D eigenvalue weighted by molar-refractivity contribution is 5.95. The number of ether oxygens (including phenoxy) is 1. The van der Waals surface area contributed by atoms with Gasteiger partial charge in [-0.05, 0) is 18.1 Å². The molecule has 1 aromatic rings. The second-order valence-electron chi connectivity index (χ2n) is 3.67. The summed E-state index contributed by atoms with van der Waals surface area (Å²) in [6.45, 7) is 4.08. The van der Waals surface area contributed by atoms with Crippen molar-refractivity contribution < 1.29 is 9.53 Å². The zero-order chi connectivity index (χ0) is 12.5. The molecule has 1 aromatic carbocycles. The third kappa shape index (κ3) is 4.54. The van der Waals surface area contributed by atoms with Crippen LogP contribution in [-0.4, -0.2) is 32.2 Å². The van der Waals surface area contributed by atoms with Crippen molar-refractivity contribution in [1.82, 2.24) is 5.32 Å². The van der Waals surface area contributed by atoms with E-state index >= 15 is 0 Å². The van der Waals surface area contributed by atoms with Crippen molar-refractivity contribution in [3.05, 3.63) is 35.4 Å². The van der Waals surface area contributed by atoms with E-state index in [4.69, 9.17) is 10.5 Å². The third-order valence-corrected chi connectivity index (χ3v) is 2.44. The van der Waals surface area contributed by atoms with Crippen LogP contribution in [0, 0.1) is 0 Å². The van der Waals surface area contributed by atoms with E-state index in [-0.39, 0.29) is 5.91 Å². The van der Waals surface area contributed by atoms with Crippen molar-refractivity contribution in [2.75, 3.05) is 26.3 Å². The van der Waals surface area contributed by atoms with Crippen LogP contribution < -0.4 is 11.1 Å². The van der Waals surface area contributed by atoms with Gasteiger partial charge >= 0.3 is 0 Å². The highest BCUT2D eigenvalue weighted by Gasteiger charge is 2.08. The predicted molar refractivity (Wildman–Crippen MR) is 68.0 cm³/mol. The Morgan fingerprint density at radius 3 is 2.82 bits per heavy atom. The van der Waals surface area contributed by atoms with E-state index < -0.39 is 0 Å². The molecule has 0 aromatic heterocycles. The first-order chi connectivity index (χ1) is 8.29. The molecule has 1 rings (SSSR count). The van der Waals surface area contributed by atoms with Crippen molar-refractivity contribution in [2.24, 2.45) is 5.73 Å². The summed E-state index contributed by atoms with van der Waals surface area (Å²) < 4.78 is 5.19. The van der Waals surface area contributed by atoms with Gasteiger partial charge in [0.25, 0.3) is 5.91 Å². The van der Waals surface area contributed by atoms with Crippen LogP contribution in [0.3, 0.4) is 0 Å². The Bertz CT molecular complexity index is 353. The molecule has 4 heteroatoms. The first-order valence-corrected chi connectivity index (χ1v) is 5.93. The maximum absolute atomic E-state index is 11.9. The zero-order valence-corrected chi connectivity index (χ0v) is 10.2. The maximum atomic E-state index is 11.9. The standard InChI is InChI=1S/C13H20N2O2/c1-2-11-5-3-4-6-12(11)13(16)15-8-10-17-9-7-14/h3-6H,2,7-10,14H2,1H3,(H,15,16). The molecule has 0 saturated heterocycles. The SMILES string of the molecule is CCc1ccccc1C(=O)NCCOCCN. The summed E-state index contributed by atoms with van der Waals surface area (Å²) in [7, 11) is 0. The molecule has 0 unspecified atom stereocenters. The summed E-state index contributed by atoms with van der Waals surface area (Å²) in [5.41, 5.74) is 7.09. The number of rotatable bonds is 7. The van der Waals surface area contributed by atoms with Gasteiger partial charge < -0.3 is 15.8 Å². The molecule has 94 valence electrons. The third-order valence-electron chi connectivity index (χ3n) is 2.44. The summed E-state index contributed by atoms with van der Waals surface area (Å²) in [5, 5.41) is 2.83. The fraction of sp³-hybridized carbons (Fsp3) is 0.462. The second-order valence-corrected chi connectivity index (χ2v) is 3.67. The molecule has 3 N–H and O–H groups in total. The van der Waals surface area contributed by atoms with Crippen LogP contribution in [0.5, 0.6) is 0 Å². The van der Waals surface area contributed by atoms with Crippen LogP contribution in [0.15, 0.2) is 24.3 Å². The molecule has 4 nitrogen and oxygen atoms in total. The van der Waals surface area contributed by atoms with Gasteiger partial charge in [-0.15, -0.1) is 0 Å². The molecule has 0 aliphatic rings.